The first-order valence-corrected chi connectivity index (χ1v) is 5.40. The van der Waals surface area contributed by atoms with Gasteiger partial charge in [-0.25, -0.2) is 4.79 Å². The predicted octanol–water partition coefficient (Wildman–Crippen LogP) is -1.38. The molecule has 0 saturated heterocycles. The smallest absolute Gasteiger partial charge is 0.475 e. The minimum absolute atomic E-state index is 0.245. The van der Waals surface area contributed by atoms with Gasteiger partial charge in [0.1, 0.15) is 6.54 Å². The first kappa shape index (κ1) is 18.6. The highest BCUT2D eigenvalue weighted by Crippen LogP contribution is 2.13. The number of alkyl halides is 3. The summed E-state index contributed by atoms with van der Waals surface area (Å²) in [7, 11) is 0. The number of carbonyl (C=O) groups excluding carboxylic acids is 3. The van der Waals surface area contributed by atoms with Crippen molar-refractivity contribution in [1.82, 2.24) is 10.2 Å². The molecule has 1 aliphatic heterocycles. The third-order valence-electron chi connectivity index (χ3n) is 1.91. The van der Waals surface area contributed by atoms with Gasteiger partial charge in [-0.1, -0.05) is 0 Å². The van der Waals surface area contributed by atoms with Gasteiger partial charge in [0, 0.05) is 25.2 Å². The van der Waals surface area contributed by atoms with Crippen LogP contribution in [0.1, 0.15) is 0 Å². The highest BCUT2D eigenvalue weighted by molar-refractivity contribution is 6.14. The van der Waals surface area contributed by atoms with Crippen molar-refractivity contribution in [2.75, 3.05) is 19.6 Å². The molecule has 11 heteroatoms. The Bertz CT molecular complexity index is 443. The molecule has 0 spiro atoms. The van der Waals surface area contributed by atoms with Crippen molar-refractivity contribution in [2.24, 2.45) is 5.73 Å². The van der Waals surface area contributed by atoms with Crippen molar-refractivity contribution in [3.63, 3.8) is 0 Å². The molecule has 1 aliphatic rings. The van der Waals surface area contributed by atoms with Crippen molar-refractivity contribution in [2.45, 2.75) is 6.18 Å². The summed E-state index contributed by atoms with van der Waals surface area (Å²) in [6, 6.07) is 0. The molecule has 0 aromatic heterocycles. The van der Waals surface area contributed by atoms with Gasteiger partial charge in [0.2, 0.25) is 5.91 Å². The molecule has 1 heterocycles. The minimum Gasteiger partial charge on any atom is -0.475 e. The summed E-state index contributed by atoms with van der Waals surface area (Å²) in [6.07, 6.45) is -2.81. The Kier molecular flexibility index (Phi) is 7.07. The summed E-state index contributed by atoms with van der Waals surface area (Å²) < 4.78 is 31.7. The Morgan fingerprint density at radius 1 is 1.24 bits per heavy atom. The molecule has 4 N–H and O–H groups in total. The van der Waals surface area contributed by atoms with Crippen LogP contribution in [0.25, 0.3) is 0 Å². The lowest BCUT2D eigenvalue weighted by atomic mass is 10.4. The van der Waals surface area contributed by atoms with Crippen molar-refractivity contribution >= 4 is 23.7 Å². The number of aliphatic carboxylic acids is 1. The molecule has 21 heavy (non-hydrogen) atoms. The monoisotopic (exact) mass is 311 g/mol. The average Bonchev–Trinajstić information content (AvgIpc) is 2.67. The van der Waals surface area contributed by atoms with Gasteiger partial charge in [0.05, 0.1) is 0 Å². The summed E-state index contributed by atoms with van der Waals surface area (Å²) in [5.41, 5.74) is 5.17. The molecule has 118 valence electrons. The van der Waals surface area contributed by atoms with Gasteiger partial charge in [-0.05, 0) is 0 Å². The number of halogens is 3. The van der Waals surface area contributed by atoms with E-state index in [1.54, 1.807) is 0 Å². The number of hydrogen-bond acceptors (Lipinski definition) is 5. The molecule has 3 amide bonds. The molecule has 0 fully saturated rings. The maximum Gasteiger partial charge on any atom is 0.490 e. The highest BCUT2D eigenvalue weighted by atomic mass is 19.4. The van der Waals surface area contributed by atoms with E-state index in [0.29, 0.717) is 13.1 Å². The second-order valence-corrected chi connectivity index (χ2v) is 3.54. The van der Waals surface area contributed by atoms with E-state index in [9.17, 15) is 27.6 Å². The molecular formula is C10H12F3N3O5. The van der Waals surface area contributed by atoms with Crippen LogP contribution in [0.4, 0.5) is 13.2 Å². The first-order chi connectivity index (χ1) is 9.59. The molecule has 0 atom stereocenters. The van der Waals surface area contributed by atoms with E-state index in [4.69, 9.17) is 15.6 Å². The number of nitrogens with one attached hydrogen (secondary N) is 1. The first-order valence-electron chi connectivity index (χ1n) is 5.40. The van der Waals surface area contributed by atoms with E-state index in [0.717, 1.165) is 17.1 Å². The molecule has 0 aliphatic carbocycles. The van der Waals surface area contributed by atoms with Crippen LogP contribution < -0.4 is 11.1 Å². The predicted molar refractivity (Wildman–Crippen MR) is 61.6 cm³/mol. The number of nitrogens with two attached hydrogens (primary N) is 1. The van der Waals surface area contributed by atoms with Crippen LogP contribution in [-0.4, -0.2) is 59.5 Å². The zero-order valence-electron chi connectivity index (χ0n) is 10.5. The molecule has 8 nitrogen and oxygen atoms in total. The van der Waals surface area contributed by atoms with E-state index >= 15 is 0 Å². The van der Waals surface area contributed by atoms with Gasteiger partial charge >= 0.3 is 12.1 Å². The zero-order valence-corrected chi connectivity index (χ0v) is 10.5. The van der Waals surface area contributed by atoms with Crippen molar-refractivity contribution < 1.29 is 37.5 Å². The maximum atomic E-state index is 11.1. The number of carboxylic acids is 1. The Labute approximate surface area is 116 Å². The number of carboxylic acid groups (broad SMARTS) is 1. The van der Waals surface area contributed by atoms with E-state index < -0.39 is 24.0 Å². The normalized spacial score (nSPS) is 13.8. The summed E-state index contributed by atoms with van der Waals surface area (Å²) >= 11 is 0. The Balaban J connectivity index is 0.000000486. The maximum absolute atomic E-state index is 11.1. The Morgan fingerprint density at radius 2 is 1.67 bits per heavy atom. The quantitative estimate of drug-likeness (QED) is 0.549. The number of carbonyl (C=O) groups is 4. The van der Waals surface area contributed by atoms with E-state index in [1.165, 1.54) is 0 Å². The van der Waals surface area contributed by atoms with Gasteiger partial charge in [0.15, 0.2) is 0 Å². The van der Waals surface area contributed by atoms with Crippen molar-refractivity contribution in [3.8, 4) is 0 Å². The molecular weight excluding hydrogens is 299 g/mol. The van der Waals surface area contributed by atoms with E-state index in [1.807, 2.05) is 0 Å². The van der Waals surface area contributed by atoms with Crippen LogP contribution in [0.2, 0.25) is 0 Å². The lowest BCUT2D eigenvalue weighted by Crippen LogP contribution is -2.41. The van der Waals surface area contributed by atoms with Gasteiger partial charge in [0.25, 0.3) is 11.8 Å². The second kappa shape index (κ2) is 7.99. The summed E-state index contributed by atoms with van der Waals surface area (Å²) in [6.45, 7) is 0.416. The summed E-state index contributed by atoms with van der Waals surface area (Å²) in [5.74, 6) is -4.07. The number of amides is 3. The van der Waals surface area contributed by atoms with Crippen LogP contribution in [0.5, 0.6) is 0 Å². The van der Waals surface area contributed by atoms with Crippen LogP contribution >= 0.6 is 0 Å². The largest absolute Gasteiger partial charge is 0.490 e. The number of hydrogen-bond donors (Lipinski definition) is 3. The van der Waals surface area contributed by atoms with E-state index in [-0.39, 0.29) is 12.5 Å². The molecule has 0 saturated carbocycles. The Morgan fingerprint density at radius 3 is 2.00 bits per heavy atom. The van der Waals surface area contributed by atoms with Crippen LogP contribution in [0.3, 0.4) is 0 Å². The lowest BCUT2D eigenvalue weighted by molar-refractivity contribution is -0.192. The second-order valence-electron chi connectivity index (χ2n) is 3.54. The zero-order chi connectivity index (χ0) is 16.6. The molecule has 0 bridgehead atoms. The summed E-state index contributed by atoms with van der Waals surface area (Å²) in [4.78, 5) is 42.9. The minimum atomic E-state index is -5.08. The highest BCUT2D eigenvalue weighted by Gasteiger charge is 2.38. The lowest BCUT2D eigenvalue weighted by Gasteiger charge is -2.12. The standard InChI is InChI=1S/C8H11N3O3.C2HF3O2/c9-3-4-10-6(12)5-11-7(13)1-2-8(11)14;3-2(4,5)1(6)7/h1-2H,3-5,9H2,(H,10,12);(H,6,7). The molecule has 0 radical (unpaired) electrons. The van der Waals surface area contributed by atoms with E-state index in [2.05, 4.69) is 5.32 Å². The topological polar surface area (TPSA) is 130 Å². The molecule has 1 rings (SSSR count). The van der Waals surface area contributed by atoms with Gasteiger partial charge in [-0.2, -0.15) is 13.2 Å². The SMILES string of the molecule is NCCNC(=O)CN1C(=O)C=CC1=O.O=C(O)C(F)(F)F. The number of rotatable bonds is 4. The number of imide groups is 1. The van der Waals surface area contributed by atoms with Gasteiger partial charge < -0.3 is 16.2 Å². The Hall–Kier alpha value is -2.43. The number of nitrogens with zero attached hydrogens (tertiary/aromatic N) is 1. The third-order valence-corrected chi connectivity index (χ3v) is 1.91. The summed E-state index contributed by atoms with van der Waals surface area (Å²) in [5, 5.41) is 9.59. The fourth-order valence-corrected chi connectivity index (χ4v) is 0.998. The fourth-order valence-electron chi connectivity index (χ4n) is 0.998. The molecule has 0 unspecified atom stereocenters. The average molecular weight is 311 g/mol. The molecule has 0 aromatic rings. The van der Waals surface area contributed by atoms with Crippen molar-refractivity contribution in [1.29, 1.82) is 0 Å². The molecule has 0 aromatic carbocycles. The van der Waals surface area contributed by atoms with Gasteiger partial charge in [-0.15, -0.1) is 0 Å². The van der Waals surface area contributed by atoms with Crippen LogP contribution in [-0.2, 0) is 19.2 Å². The third kappa shape index (κ3) is 7.06. The van der Waals surface area contributed by atoms with Crippen molar-refractivity contribution in [3.05, 3.63) is 12.2 Å². The van der Waals surface area contributed by atoms with Crippen LogP contribution in [0.15, 0.2) is 12.2 Å². The van der Waals surface area contributed by atoms with Crippen LogP contribution in [0, 0.1) is 0 Å². The van der Waals surface area contributed by atoms with Gasteiger partial charge in [-0.3, -0.25) is 19.3 Å². The fraction of sp³-hybridized carbons (Fsp3) is 0.400.